The van der Waals surface area contributed by atoms with Gasteiger partial charge in [-0.15, -0.1) is 0 Å². The van der Waals surface area contributed by atoms with E-state index >= 15 is 0 Å². The number of rotatable bonds is 4. The molecule has 0 aromatic carbocycles. The van der Waals surface area contributed by atoms with E-state index in [0.717, 1.165) is 44.1 Å². The number of imidazole rings is 1. The molecule has 4 heterocycles. The van der Waals surface area contributed by atoms with Gasteiger partial charge in [0.1, 0.15) is 11.3 Å². The van der Waals surface area contributed by atoms with Crippen molar-refractivity contribution < 1.29 is 4.92 Å². The minimum Gasteiger partial charge on any atom is -0.349 e. The van der Waals surface area contributed by atoms with Gasteiger partial charge in [-0.3, -0.25) is 15.0 Å². The van der Waals surface area contributed by atoms with E-state index in [-0.39, 0.29) is 10.6 Å². The molecule has 4 rings (SSSR count). The average Bonchev–Trinajstić information content (AvgIpc) is 3.11. The fourth-order valence-corrected chi connectivity index (χ4v) is 4.04. The highest BCUT2D eigenvalue weighted by Crippen LogP contribution is 2.31. The lowest BCUT2D eigenvalue weighted by atomic mass is 10.2. The summed E-state index contributed by atoms with van der Waals surface area (Å²) in [6.45, 7) is 9.75. The lowest BCUT2D eigenvalue weighted by Gasteiger charge is -2.35. The first-order valence-electron chi connectivity index (χ1n) is 9.44. The van der Waals surface area contributed by atoms with Crippen LogP contribution in [0.15, 0.2) is 18.3 Å². The Bertz CT molecular complexity index is 1040. The number of fused-ring (bicyclic) bond motifs is 1. The quantitative estimate of drug-likeness (QED) is 0.507. The van der Waals surface area contributed by atoms with Gasteiger partial charge in [-0.05, 0) is 38.5 Å². The molecule has 1 fully saturated rings. The molecule has 0 saturated carbocycles. The van der Waals surface area contributed by atoms with Crippen LogP contribution in [0.25, 0.3) is 5.65 Å². The summed E-state index contributed by atoms with van der Waals surface area (Å²) in [5, 5.41) is 15.7. The summed E-state index contributed by atoms with van der Waals surface area (Å²) in [5.41, 5.74) is 5.00. The van der Waals surface area contributed by atoms with Crippen molar-refractivity contribution in [2.75, 3.05) is 31.1 Å². The standard InChI is InChI=1S/C19H25N7O2/c1-13-5-6-25-16(14(2)20-17(25)11-13)12-23-7-9-24(10-8-23)19-18(26(27)28)15(3)21-22(19)4/h5-6,11H,7-10,12H2,1-4H3. The molecule has 1 aliphatic heterocycles. The average molecular weight is 383 g/mol. The zero-order valence-corrected chi connectivity index (χ0v) is 16.7. The Kier molecular flexibility index (Phi) is 4.54. The van der Waals surface area contributed by atoms with Crippen LogP contribution in [0, 0.1) is 30.9 Å². The Balaban J connectivity index is 1.50. The molecule has 0 aliphatic carbocycles. The molecule has 9 heteroatoms. The van der Waals surface area contributed by atoms with E-state index < -0.39 is 0 Å². The van der Waals surface area contributed by atoms with Gasteiger partial charge < -0.3 is 9.30 Å². The second-order valence-electron chi connectivity index (χ2n) is 7.48. The topological polar surface area (TPSA) is 84.7 Å². The molecule has 3 aromatic rings. The molecule has 0 unspecified atom stereocenters. The summed E-state index contributed by atoms with van der Waals surface area (Å²) in [6, 6.07) is 4.19. The molecule has 3 aromatic heterocycles. The third kappa shape index (κ3) is 3.11. The maximum atomic E-state index is 11.5. The van der Waals surface area contributed by atoms with Crippen molar-refractivity contribution in [1.82, 2.24) is 24.1 Å². The van der Waals surface area contributed by atoms with Crippen molar-refractivity contribution in [3.63, 3.8) is 0 Å². The largest absolute Gasteiger partial charge is 0.349 e. The Hall–Kier alpha value is -2.94. The highest BCUT2D eigenvalue weighted by atomic mass is 16.6. The molecule has 0 N–H and O–H groups in total. The maximum Gasteiger partial charge on any atom is 0.333 e. The van der Waals surface area contributed by atoms with E-state index in [1.165, 1.54) is 11.3 Å². The predicted molar refractivity (Wildman–Crippen MR) is 107 cm³/mol. The summed E-state index contributed by atoms with van der Waals surface area (Å²) >= 11 is 0. The molecular weight excluding hydrogens is 358 g/mol. The van der Waals surface area contributed by atoms with Crippen LogP contribution in [0.5, 0.6) is 0 Å². The van der Waals surface area contributed by atoms with Gasteiger partial charge >= 0.3 is 5.69 Å². The number of aromatic nitrogens is 4. The molecule has 0 spiro atoms. The zero-order chi connectivity index (χ0) is 20.0. The molecule has 28 heavy (non-hydrogen) atoms. The van der Waals surface area contributed by atoms with Gasteiger partial charge in [0.2, 0.25) is 5.82 Å². The molecule has 0 bridgehead atoms. The van der Waals surface area contributed by atoms with Crippen LogP contribution in [0.2, 0.25) is 0 Å². The normalized spacial score (nSPS) is 15.5. The van der Waals surface area contributed by atoms with Crippen molar-refractivity contribution in [1.29, 1.82) is 0 Å². The van der Waals surface area contributed by atoms with Crippen LogP contribution in [0.4, 0.5) is 11.5 Å². The predicted octanol–water partition coefficient (Wildman–Crippen LogP) is 2.22. The summed E-state index contributed by atoms with van der Waals surface area (Å²) in [5.74, 6) is 0.601. The first-order valence-corrected chi connectivity index (χ1v) is 9.44. The Morgan fingerprint density at radius 3 is 2.54 bits per heavy atom. The van der Waals surface area contributed by atoms with E-state index in [9.17, 15) is 10.1 Å². The van der Waals surface area contributed by atoms with Crippen molar-refractivity contribution in [3.05, 3.63) is 51.1 Å². The van der Waals surface area contributed by atoms with Crippen LogP contribution in [0.3, 0.4) is 0 Å². The summed E-state index contributed by atoms with van der Waals surface area (Å²) in [6.07, 6.45) is 2.08. The first kappa shape index (κ1) is 18.4. The van der Waals surface area contributed by atoms with Crippen molar-refractivity contribution >= 4 is 17.2 Å². The fraction of sp³-hybridized carbons (Fsp3) is 0.474. The van der Waals surface area contributed by atoms with E-state index in [2.05, 4.69) is 56.5 Å². The number of nitro groups is 1. The first-order chi connectivity index (χ1) is 13.3. The summed E-state index contributed by atoms with van der Waals surface area (Å²) in [4.78, 5) is 20.3. The molecule has 9 nitrogen and oxygen atoms in total. The van der Waals surface area contributed by atoms with E-state index in [1.54, 1.807) is 18.7 Å². The summed E-state index contributed by atoms with van der Waals surface area (Å²) < 4.78 is 3.78. The highest BCUT2D eigenvalue weighted by Gasteiger charge is 2.30. The van der Waals surface area contributed by atoms with Gasteiger partial charge in [0.25, 0.3) is 0 Å². The zero-order valence-electron chi connectivity index (χ0n) is 16.7. The minimum atomic E-state index is -0.326. The van der Waals surface area contributed by atoms with Gasteiger partial charge in [-0.25, -0.2) is 9.67 Å². The lowest BCUT2D eigenvalue weighted by molar-refractivity contribution is -0.384. The van der Waals surface area contributed by atoms with Gasteiger partial charge in [-0.2, -0.15) is 5.10 Å². The number of nitrogens with zero attached hydrogens (tertiary/aromatic N) is 7. The molecule has 0 amide bonds. The summed E-state index contributed by atoms with van der Waals surface area (Å²) in [7, 11) is 1.77. The highest BCUT2D eigenvalue weighted by molar-refractivity contribution is 5.61. The number of hydrogen-bond acceptors (Lipinski definition) is 6. The molecule has 1 saturated heterocycles. The smallest absolute Gasteiger partial charge is 0.333 e. The van der Waals surface area contributed by atoms with E-state index in [1.807, 2.05) is 0 Å². The van der Waals surface area contributed by atoms with E-state index in [0.29, 0.717) is 11.5 Å². The van der Waals surface area contributed by atoms with Crippen molar-refractivity contribution in [2.45, 2.75) is 27.3 Å². The Morgan fingerprint density at radius 1 is 1.14 bits per heavy atom. The molecular formula is C19H25N7O2. The van der Waals surface area contributed by atoms with Crippen molar-refractivity contribution in [2.24, 2.45) is 7.05 Å². The third-order valence-corrected chi connectivity index (χ3v) is 5.47. The molecule has 148 valence electrons. The third-order valence-electron chi connectivity index (χ3n) is 5.47. The number of aryl methyl sites for hydroxylation is 4. The van der Waals surface area contributed by atoms with Gasteiger partial charge in [0, 0.05) is 46.0 Å². The second kappa shape index (κ2) is 6.90. The van der Waals surface area contributed by atoms with Gasteiger partial charge in [-0.1, -0.05) is 0 Å². The van der Waals surface area contributed by atoms with Crippen LogP contribution < -0.4 is 4.90 Å². The number of pyridine rings is 1. The van der Waals surface area contributed by atoms with Crippen LogP contribution >= 0.6 is 0 Å². The number of piperazine rings is 1. The second-order valence-corrected chi connectivity index (χ2v) is 7.48. The SMILES string of the molecule is Cc1ccn2c(CN3CCN(c4c([N+](=O)[O-])c(C)nn4C)CC3)c(C)nc2c1. The van der Waals surface area contributed by atoms with Gasteiger partial charge in [0.05, 0.1) is 16.3 Å². The lowest BCUT2D eigenvalue weighted by Crippen LogP contribution is -2.46. The number of anilines is 1. The number of hydrogen-bond donors (Lipinski definition) is 0. The van der Waals surface area contributed by atoms with Crippen LogP contribution in [-0.4, -0.2) is 55.2 Å². The van der Waals surface area contributed by atoms with Crippen LogP contribution in [0.1, 0.15) is 22.6 Å². The minimum absolute atomic E-state index is 0.115. The monoisotopic (exact) mass is 383 g/mol. The Morgan fingerprint density at radius 2 is 1.86 bits per heavy atom. The maximum absolute atomic E-state index is 11.5. The molecule has 0 atom stereocenters. The van der Waals surface area contributed by atoms with E-state index in [4.69, 9.17) is 0 Å². The molecule has 1 aliphatic rings. The van der Waals surface area contributed by atoms with Crippen LogP contribution in [-0.2, 0) is 13.6 Å². The fourth-order valence-electron chi connectivity index (χ4n) is 4.04. The van der Waals surface area contributed by atoms with Gasteiger partial charge in [0.15, 0.2) is 0 Å². The Labute approximate surface area is 163 Å². The van der Waals surface area contributed by atoms with Crippen molar-refractivity contribution in [3.8, 4) is 0 Å². The molecule has 0 radical (unpaired) electrons.